The number of esters is 1. The molecule has 0 radical (unpaired) electrons. The van der Waals surface area contributed by atoms with Gasteiger partial charge in [0.2, 0.25) is 12.7 Å². The Morgan fingerprint density at radius 3 is 2.82 bits per heavy atom. The van der Waals surface area contributed by atoms with Crippen molar-refractivity contribution in [2.45, 2.75) is 18.0 Å². The average Bonchev–Trinajstić information content (AvgIpc) is 3.53. The fraction of sp³-hybridized carbons (Fsp3) is 0.217. The topological polar surface area (TPSA) is 116 Å². The van der Waals surface area contributed by atoms with E-state index in [1.165, 1.54) is 17.5 Å². The minimum absolute atomic E-state index is 0.0184. The van der Waals surface area contributed by atoms with Crippen LogP contribution in [0.1, 0.15) is 28.2 Å². The maximum Gasteiger partial charge on any atom is 0.341 e. The number of carbonyl (C=O) groups excluding carboxylic acids is 3. The molecule has 2 aromatic heterocycles. The highest BCUT2D eigenvalue weighted by Crippen LogP contribution is 2.34. The lowest BCUT2D eigenvalue weighted by Gasteiger charge is -2.13. The Balaban J connectivity index is 1.28. The first kappa shape index (κ1) is 23.6. The summed E-state index contributed by atoms with van der Waals surface area (Å²) in [5.41, 5.74) is 0.751. The van der Waals surface area contributed by atoms with Gasteiger partial charge < -0.3 is 24.8 Å². The molecule has 3 aromatic rings. The molecule has 9 nitrogen and oxygen atoms in total. The molecule has 34 heavy (non-hydrogen) atoms. The number of nitrogens with one attached hydrogen (secondary N) is 2. The molecular formula is C23H21N3O6S2. The Bertz CT molecular complexity index is 1190. The minimum atomic E-state index is -0.689. The molecule has 4 rings (SSSR count). The number of pyridine rings is 1. The van der Waals surface area contributed by atoms with Gasteiger partial charge in [0.15, 0.2) is 18.1 Å². The molecule has 176 valence electrons. The Hall–Kier alpha value is -3.57. The van der Waals surface area contributed by atoms with Crippen LogP contribution in [0.3, 0.4) is 0 Å². The summed E-state index contributed by atoms with van der Waals surface area (Å²) in [5.74, 6) is -0.172. The lowest BCUT2D eigenvalue weighted by atomic mass is 10.3. The number of fused-ring (bicyclic) bond motifs is 1. The van der Waals surface area contributed by atoms with Gasteiger partial charge in [-0.3, -0.25) is 9.59 Å². The van der Waals surface area contributed by atoms with Crippen LogP contribution in [-0.4, -0.2) is 41.9 Å². The number of rotatable bonds is 9. The van der Waals surface area contributed by atoms with Crippen molar-refractivity contribution >= 4 is 46.6 Å². The summed E-state index contributed by atoms with van der Waals surface area (Å²) in [6, 6.07) is 11.9. The number of thioether (sulfide) groups is 1. The van der Waals surface area contributed by atoms with Gasteiger partial charge >= 0.3 is 5.97 Å². The molecule has 0 fully saturated rings. The number of amides is 2. The molecule has 1 aromatic carbocycles. The van der Waals surface area contributed by atoms with Gasteiger partial charge in [-0.1, -0.05) is 17.8 Å². The van der Waals surface area contributed by atoms with Gasteiger partial charge in [0, 0.05) is 22.8 Å². The largest absolute Gasteiger partial charge is 0.454 e. The van der Waals surface area contributed by atoms with E-state index < -0.39 is 18.5 Å². The molecule has 1 aliphatic rings. The SMILES string of the molecule is CC(NC(=O)COC(=O)c1cccnc1SCC(=O)Nc1ccc2c(c1)OCO2)c1cccs1. The predicted octanol–water partition coefficient (Wildman–Crippen LogP) is 3.64. The van der Waals surface area contributed by atoms with E-state index in [2.05, 4.69) is 15.6 Å². The van der Waals surface area contributed by atoms with Gasteiger partial charge in [0.25, 0.3) is 5.91 Å². The predicted molar refractivity (Wildman–Crippen MR) is 127 cm³/mol. The van der Waals surface area contributed by atoms with Crippen molar-refractivity contribution in [1.29, 1.82) is 0 Å². The summed E-state index contributed by atoms with van der Waals surface area (Å²) >= 11 is 2.62. The van der Waals surface area contributed by atoms with Crippen LogP contribution < -0.4 is 20.1 Å². The van der Waals surface area contributed by atoms with Gasteiger partial charge in [-0.05, 0) is 42.6 Å². The summed E-state index contributed by atoms with van der Waals surface area (Å²) in [6.45, 7) is 1.59. The van der Waals surface area contributed by atoms with Crippen LogP contribution in [0.5, 0.6) is 11.5 Å². The zero-order chi connectivity index (χ0) is 23.9. The summed E-state index contributed by atoms with van der Waals surface area (Å²) in [5, 5.41) is 7.81. The third kappa shape index (κ3) is 6.06. The molecule has 0 saturated carbocycles. The molecule has 2 N–H and O–H groups in total. The first-order chi connectivity index (χ1) is 16.5. The first-order valence-corrected chi connectivity index (χ1v) is 12.1. The summed E-state index contributed by atoms with van der Waals surface area (Å²) < 4.78 is 15.7. The number of benzene rings is 1. The molecule has 0 aliphatic carbocycles. The maximum atomic E-state index is 12.5. The van der Waals surface area contributed by atoms with Crippen LogP contribution in [0.15, 0.2) is 59.1 Å². The molecule has 1 atom stereocenters. The van der Waals surface area contributed by atoms with E-state index >= 15 is 0 Å². The molecule has 1 aliphatic heterocycles. The smallest absolute Gasteiger partial charge is 0.341 e. The second kappa shape index (κ2) is 11.0. The van der Waals surface area contributed by atoms with Crippen molar-refractivity contribution in [3.63, 3.8) is 0 Å². The maximum absolute atomic E-state index is 12.5. The number of aromatic nitrogens is 1. The zero-order valence-corrected chi connectivity index (χ0v) is 19.7. The van der Waals surface area contributed by atoms with Crippen LogP contribution in [0.25, 0.3) is 0 Å². The zero-order valence-electron chi connectivity index (χ0n) is 18.1. The quantitative estimate of drug-likeness (QED) is 0.339. The van der Waals surface area contributed by atoms with Crippen molar-refractivity contribution in [2.75, 3.05) is 24.5 Å². The number of hydrogen-bond acceptors (Lipinski definition) is 9. The van der Waals surface area contributed by atoms with E-state index in [1.54, 1.807) is 30.3 Å². The molecule has 11 heteroatoms. The molecular weight excluding hydrogens is 478 g/mol. The molecule has 0 bridgehead atoms. The number of nitrogens with zero attached hydrogens (tertiary/aromatic N) is 1. The summed E-state index contributed by atoms with van der Waals surface area (Å²) in [4.78, 5) is 42.3. The van der Waals surface area contributed by atoms with E-state index in [1.807, 2.05) is 24.4 Å². The standard InChI is InChI=1S/C23H21N3O6S2/c1-14(19-5-3-9-33-19)25-20(27)11-30-23(29)16-4-2-8-24-22(16)34-12-21(28)26-15-6-7-17-18(10-15)32-13-31-17/h2-10,14H,11-13H2,1H3,(H,25,27)(H,26,28). The van der Waals surface area contributed by atoms with Gasteiger partial charge in [-0.15, -0.1) is 11.3 Å². The van der Waals surface area contributed by atoms with Crippen LogP contribution in [-0.2, 0) is 14.3 Å². The number of carbonyl (C=O) groups is 3. The van der Waals surface area contributed by atoms with Crippen LogP contribution in [0.2, 0.25) is 0 Å². The highest BCUT2D eigenvalue weighted by atomic mass is 32.2. The first-order valence-electron chi connectivity index (χ1n) is 10.3. The van der Waals surface area contributed by atoms with Crippen molar-refractivity contribution < 1.29 is 28.6 Å². The van der Waals surface area contributed by atoms with Crippen molar-refractivity contribution in [3.8, 4) is 11.5 Å². The average molecular weight is 500 g/mol. The molecule has 0 spiro atoms. The lowest BCUT2D eigenvalue weighted by Crippen LogP contribution is -2.30. The Morgan fingerprint density at radius 2 is 2.00 bits per heavy atom. The summed E-state index contributed by atoms with van der Waals surface area (Å²) in [6.07, 6.45) is 1.52. The number of thiophene rings is 1. The molecule has 1 unspecified atom stereocenters. The molecule has 2 amide bonds. The number of anilines is 1. The molecule has 3 heterocycles. The van der Waals surface area contributed by atoms with E-state index in [9.17, 15) is 14.4 Å². The minimum Gasteiger partial charge on any atom is -0.454 e. The second-order valence-electron chi connectivity index (χ2n) is 7.14. The molecule has 0 saturated heterocycles. The number of hydrogen-bond donors (Lipinski definition) is 2. The normalized spacial score (nSPS) is 12.6. The number of ether oxygens (including phenoxy) is 3. The Kier molecular flexibility index (Phi) is 7.65. The fourth-order valence-electron chi connectivity index (χ4n) is 3.07. The monoisotopic (exact) mass is 499 g/mol. The van der Waals surface area contributed by atoms with Gasteiger partial charge in [0.05, 0.1) is 17.4 Å². The fourth-order valence-corrected chi connectivity index (χ4v) is 4.58. The van der Waals surface area contributed by atoms with E-state index in [4.69, 9.17) is 14.2 Å². The second-order valence-corrected chi connectivity index (χ2v) is 9.09. The lowest BCUT2D eigenvalue weighted by molar-refractivity contribution is -0.124. The van der Waals surface area contributed by atoms with Gasteiger partial charge in [-0.2, -0.15) is 0 Å². The van der Waals surface area contributed by atoms with Crippen molar-refractivity contribution in [1.82, 2.24) is 10.3 Å². The van der Waals surface area contributed by atoms with Crippen LogP contribution in [0.4, 0.5) is 5.69 Å². The van der Waals surface area contributed by atoms with Gasteiger partial charge in [0.1, 0.15) is 5.03 Å². The van der Waals surface area contributed by atoms with Gasteiger partial charge in [-0.25, -0.2) is 9.78 Å². The van der Waals surface area contributed by atoms with Crippen molar-refractivity contribution in [3.05, 3.63) is 64.5 Å². The third-order valence-electron chi connectivity index (χ3n) is 4.67. The van der Waals surface area contributed by atoms with E-state index in [0.29, 0.717) is 22.2 Å². The van der Waals surface area contributed by atoms with Crippen LogP contribution >= 0.6 is 23.1 Å². The highest BCUT2D eigenvalue weighted by Gasteiger charge is 2.19. The highest BCUT2D eigenvalue weighted by molar-refractivity contribution is 8.00. The van der Waals surface area contributed by atoms with Crippen LogP contribution in [0, 0.1) is 0 Å². The van der Waals surface area contributed by atoms with E-state index in [0.717, 1.165) is 16.6 Å². The summed E-state index contributed by atoms with van der Waals surface area (Å²) in [7, 11) is 0. The third-order valence-corrected chi connectivity index (χ3v) is 6.73. The van der Waals surface area contributed by atoms with Crippen molar-refractivity contribution in [2.24, 2.45) is 0 Å². The Morgan fingerprint density at radius 1 is 1.15 bits per heavy atom. The Labute approximate surface area is 203 Å². The van der Waals surface area contributed by atoms with E-state index in [-0.39, 0.29) is 30.1 Å².